The number of nitrogens with one attached hydrogen (secondary N) is 1. The molecule has 1 heterocycles. The highest BCUT2D eigenvalue weighted by atomic mass is 35.5. The van der Waals surface area contributed by atoms with Gasteiger partial charge in [-0.25, -0.2) is 4.39 Å². The molecule has 3 N–H and O–H groups in total. The zero-order valence-electron chi connectivity index (χ0n) is 9.70. The first-order chi connectivity index (χ1) is 8.72. The molecule has 2 aromatic rings. The third-order valence-corrected chi connectivity index (χ3v) is 3.99. The van der Waals surface area contributed by atoms with Crippen molar-refractivity contribution in [3.63, 3.8) is 0 Å². The maximum Gasteiger partial charge on any atom is 0.142 e. The van der Waals surface area contributed by atoms with E-state index in [2.05, 4.69) is 16.9 Å². The van der Waals surface area contributed by atoms with Crippen LogP contribution >= 0.6 is 22.9 Å². The molecule has 0 saturated carbocycles. The van der Waals surface area contributed by atoms with Gasteiger partial charge >= 0.3 is 0 Å². The van der Waals surface area contributed by atoms with Crippen LogP contribution in [-0.4, -0.2) is 0 Å². The van der Waals surface area contributed by atoms with Crippen molar-refractivity contribution >= 4 is 22.9 Å². The van der Waals surface area contributed by atoms with Gasteiger partial charge in [0.15, 0.2) is 0 Å². The summed E-state index contributed by atoms with van der Waals surface area (Å²) in [7, 11) is 0. The molecular weight excluding hydrogens is 271 g/mol. The Morgan fingerprint density at radius 3 is 2.89 bits per heavy atom. The van der Waals surface area contributed by atoms with E-state index in [1.54, 1.807) is 23.5 Å². The SMILES string of the molecule is NNC(CCc1ccsc1)c1cccc(F)c1Cl. The molecule has 0 aliphatic carbocycles. The lowest BCUT2D eigenvalue weighted by molar-refractivity contribution is 0.512. The van der Waals surface area contributed by atoms with Crippen LogP contribution in [0.1, 0.15) is 23.6 Å². The Bertz CT molecular complexity index is 502. The molecule has 0 amide bonds. The molecule has 1 aromatic carbocycles. The van der Waals surface area contributed by atoms with E-state index in [-0.39, 0.29) is 11.1 Å². The molecule has 18 heavy (non-hydrogen) atoms. The van der Waals surface area contributed by atoms with E-state index in [1.807, 2.05) is 5.38 Å². The van der Waals surface area contributed by atoms with Crippen molar-refractivity contribution in [2.24, 2.45) is 5.84 Å². The Hall–Kier alpha value is -0.940. The highest BCUT2D eigenvalue weighted by Crippen LogP contribution is 2.28. The molecule has 5 heteroatoms. The number of thiophene rings is 1. The fourth-order valence-electron chi connectivity index (χ4n) is 1.86. The van der Waals surface area contributed by atoms with Crippen molar-refractivity contribution < 1.29 is 4.39 Å². The van der Waals surface area contributed by atoms with E-state index in [4.69, 9.17) is 17.4 Å². The Kier molecular flexibility index (Phi) is 4.72. The topological polar surface area (TPSA) is 38.0 Å². The number of hydrazine groups is 1. The summed E-state index contributed by atoms with van der Waals surface area (Å²) in [4.78, 5) is 0. The van der Waals surface area contributed by atoms with Crippen LogP contribution in [-0.2, 0) is 6.42 Å². The van der Waals surface area contributed by atoms with Gasteiger partial charge in [-0.15, -0.1) is 0 Å². The quantitative estimate of drug-likeness (QED) is 0.649. The Labute approximate surface area is 115 Å². The van der Waals surface area contributed by atoms with Crippen LogP contribution in [0.4, 0.5) is 4.39 Å². The highest BCUT2D eigenvalue weighted by Gasteiger charge is 2.15. The van der Waals surface area contributed by atoms with E-state index in [9.17, 15) is 4.39 Å². The normalized spacial score (nSPS) is 12.6. The molecular formula is C13H14ClFN2S. The second-order valence-electron chi connectivity index (χ2n) is 4.03. The third kappa shape index (κ3) is 3.09. The van der Waals surface area contributed by atoms with E-state index in [0.717, 1.165) is 12.8 Å². The molecule has 0 saturated heterocycles. The molecule has 96 valence electrons. The van der Waals surface area contributed by atoms with Gasteiger partial charge in [-0.05, 0) is 46.9 Å². The summed E-state index contributed by atoms with van der Waals surface area (Å²) in [5, 5.41) is 4.28. The highest BCUT2D eigenvalue weighted by molar-refractivity contribution is 7.07. The second-order valence-corrected chi connectivity index (χ2v) is 5.19. The predicted molar refractivity (Wildman–Crippen MR) is 74.1 cm³/mol. The zero-order chi connectivity index (χ0) is 13.0. The van der Waals surface area contributed by atoms with Gasteiger partial charge in [-0.2, -0.15) is 11.3 Å². The molecule has 0 bridgehead atoms. The molecule has 0 radical (unpaired) electrons. The van der Waals surface area contributed by atoms with Gasteiger partial charge in [0.05, 0.1) is 5.02 Å². The van der Waals surface area contributed by atoms with Crippen molar-refractivity contribution in [2.75, 3.05) is 0 Å². The number of aryl methyl sites for hydroxylation is 1. The summed E-state index contributed by atoms with van der Waals surface area (Å²) in [5.74, 6) is 5.12. The third-order valence-electron chi connectivity index (χ3n) is 2.86. The van der Waals surface area contributed by atoms with Crippen LogP contribution in [0.15, 0.2) is 35.0 Å². The zero-order valence-corrected chi connectivity index (χ0v) is 11.3. The molecule has 0 aliphatic rings. The van der Waals surface area contributed by atoms with Gasteiger partial charge in [-0.1, -0.05) is 23.7 Å². The van der Waals surface area contributed by atoms with E-state index >= 15 is 0 Å². The van der Waals surface area contributed by atoms with Gasteiger partial charge in [0.25, 0.3) is 0 Å². The van der Waals surface area contributed by atoms with Crippen molar-refractivity contribution in [2.45, 2.75) is 18.9 Å². The van der Waals surface area contributed by atoms with Crippen molar-refractivity contribution in [1.29, 1.82) is 0 Å². The molecule has 2 rings (SSSR count). The number of benzene rings is 1. The van der Waals surface area contributed by atoms with Crippen LogP contribution in [0.5, 0.6) is 0 Å². The molecule has 1 atom stereocenters. The van der Waals surface area contributed by atoms with Gasteiger partial charge in [0.2, 0.25) is 0 Å². The molecule has 1 aromatic heterocycles. The summed E-state index contributed by atoms with van der Waals surface area (Å²) in [5.41, 5.74) is 4.66. The summed E-state index contributed by atoms with van der Waals surface area (Å²) in [6.07, 6.45) is 1.65. The van der Waals surface area contributed by atoms with Crippen LogP contribution in [0.25, 0.3) is 0 Å². The predicted octanol–water partition coefficient (Wildman–Crippen LogP) is 3.68. The Morgan fingerprint density at radius 1 is 1.39 bits per heavy atom. The van der Waals surface area contributed by atoms with Gasteiger partial charge in [0.1, 0.15) is 5.82 Å². The van der Waals surface area contributed by atoms with Crippen molar-refractivity contribution in [3.05, 3.63) is 57.0 Å². The average Bonchev–Trinajstić information content (AvgIpc) is 2.88. The van der Waals surface area contributed by atoms with Gasteiger partial charge < -0.3 is 0 Å². The minimum Gasteiger partial charge on any atom is -0.271 e. The van der Waals surface area contributed by atoms with Crippen LogP contribution < -0.4 is 11.3 Å². The van der Waals surface area contributed by atoms with Gasteiger partial charge in [0, 0.05) is 6.04 Å². The summed E-state index contributed by atoms with van der Waals surface area (Å²) < 4.78 is 13.4. The minimum absolute atomic E-state index is 0.144. The molecule has 0 aliphatic heterocycles. The first-order valence-electron chi connectivity index (χ1n) is 5.63. The van der Waals surface area contributed by atoms with Crippen molar-refractivity contribution in [3.8, 4) is 0 Å². The van der Waals surface area contributed by atoms with E-state index < -0.39 is 5.82 Å². The fraction of sp³-hybridized carbons (Fsp3) is 0.231. The lowest BCUT2D eigenvalue weighted by atomic mass is 10.0. The first-order valence-corrected chi connectivity index (χ1v) is 6.95. The Morgan fingerprint density at radius 2 is 2.22 bits per heavy atom. The lowest BCUT2D eigenvalue weighted by Crippen LogP contribution is -2.28. The number of hydrogen-bond donors (Lipinski definition) is 2. The average molecular weight is 285 g/mol. The van der Waals surface area contributed by atoms with Crippen LogP contribution in [0, 0.1) is 5.82 Å². The monoisotopic (exact) mass is 284 g/mol. The molecule has 0 fully saturated rings. The fourth-order valence-corrected chi connectivity index (χ4v) is 2.82. The maximum atomic E-state index is 13.4. The van der Waals surface area contributed by atoms with E-state index in [0.29, 0.717) is 5.56 Å². The van der Waals surface area contributed by atoms with Gasteiger partial charge in [-0.3, -0.25) is 11.3 Å². The number of hydrogen-bond acceptors (Lipinski definition) is 3. The summed E-state index contributed by atoms with van der Waals surface area (Å²) in [6.45, 7) is 0. The molecule has 1 unspecified atom stereocenters. The first kappa shape index (κ1) is 13.5. The number of rotatable bonds is 5. The van der Waals surface area contributed by atoms with Crippen LogP contribution in [0.3, 0.4) is 0 Å². The van der Waals surface area contributed by atoms with Crippen molar-refractivity contribution in [1.82, 2.24) is 5.43 Å². The maximum absolute atomic E-state index is 13.4. The largest absolute Gasteiger partial charge is 0.271 e. The number of nitrogens with two attached hydrogens (primary N) is 1. The standard InChI is InChI=1S/C13H14ClFN2S/c14-13-10(2-1-3-11(13)15)12(17-16)5-4-9-6-7-18-8-9/h1-3,6-8,12,17H,4-5,16H2. The number of halogens is 2. The summed E-state index contributed by atoms with van der Waals surface area (Å²) >= 11 is 7.62. The molecule has 2 nitrogen and oxygen atoms in total. The van der Waals surface area contributed by atoms with Crippen LogP contribution in [0.2, 0.25) is 5.02 Å². The minimum atomic E-state index is -0.412. The smallest absolute Gasteiger partial charge is 0.142 e. The summed E-state index contributed by atoms with van der Waals surface area (Å²) in [6, 6.07) is 6.71. The molecule has 0 spiro atoms. The second kappa shape index (κ2) is 6.29. The Balaban J connectivity index is 2.10. The lowest BCUT2D eigenvalue weighted by Gasteiger charge is -2.17. The van der Waals surface area contributed by atoms with E-state index in [1.165, 1.54) is 11.6 Å².